The van der Waals surface area contributed by atoms with E-state index in [1.54, 1.807) is 14.2 Å². The third-order valence-corrected chi connectivity index (χ3v) is 12.4. The molecule has 8 rings (SSSR count). The molecule has 2 aromatic heterocycles. The van der Waals surface area contributed by atoms with Crippen LogP contribution in [0.4, 0.5) is 23.0 Å². The van der Waals surface area contributed by atoms with Gasteiger partial charge in [0.25, 0.3) is 0 Å². The summed E-state index contributed by atoms with van der Waals surface area (Å²) in [6.45, 7) is 13.5. The number of carbonyl (C=O) groups is 2. The van der Waals surface area contributed by atoms with Crippen molar-refractivity contribution in [1.82, 2.24) is 19.8 Å². The van der Waals surface area contributed by atoms with Crippen molar-refractivity contribution in [2.24, 2.45) is 0 Å². The number of hydrogen-bond donors (Lipinski definition) is 0. The van der Waals surface area contributed by atoms with Gasteiger partial charge in [-0.05, 0) is 86.3 Å². The lowest BCUT2D eigenvalue weighted by Gasteiger charge is -2.36. The summed E-state index contributed by atoms with van der Waals surface area (Å²) >= 11 is 0. The van der Waals surface area contributed by atoms with E-state index in [0.717, 1.165) is 133 Å². The van der Waals surface area contributed by atoms with E-state index < -0.39 is 11.9 Å². The van der Waals surface area contributed by atoms with Crippen LogP contribution < -0.4 is 29.4 Å². The summed E-state index contributed by atoms with van der Waals surface area (Å²) in [5.74, 6) is 1.34. The Morgan fingerprint density at radius 1 is 0.545 bits per heavy atom. The summed E-state index contributed by atoms with van der Waals surface area (Å²) in [6, 6.07) is 35.9. The number of nitrogens with zero attached hydrogens (tertiary/aromatic N) is 8. The largest absolute Gasteiger partial charge is 0.495 e. The number of hydroxylamine groups is 2. The molecule has 2 aliphatic rings. The van der Waals surface area contributed by atoms with Crippen LogP contribution >= 0.6 is 0 Å². The molecule has 6 aromatic rings. The van der Waals surface area contributed by atoms with Gasteiger partial charge in [-0.2, -0.15) is 10.1 Å². The average Bonchev–Trinajstić information content (AvgIpc) is 3.35. The van der Waals surface area contributed by atoms with Gasteiger partial charge in [0.05, 0.1) is 49.7 Å². The van der Waals surface area contributed by atoms with Crippen molar-refractivity contribution in [3.63, 3.8) is 0 Å². The van der Waals surface area contributed by atoms with Gasteiger partial charge < -0.3 is 28.9 Å². The van der Waals surface area contributed by atoms with Crippen molar-refractivity contribution in [2.45, 2.75) is 26.7 Å². The smallest absolute Gasteiger partial charge is 0.356 e. The van der Waals surface area contributed by atoms with E-state index in [-0.39, 0.29) is 0 Å². The molecule has 4 heterocycles. The van der Waals surface area contributed by atoms with Gasteiger partial charge in [0.15, 0.2) is 11.6 Å². The number of aromatic nitrogens is 2. The highest BCUT2D eigenvalue weighted by molar-refractivity contribution is 5.92. The predicted octanol–water partition coefficient (Wildman–Crippen LogP) is 7.63. The van der Waals surface area contributed by atoms with E-state index >= 15 is 0 Å². The Kier molecular flexibility index (Phi) is 15.1. The number of methoxy groups -OCH3 is 2. The van der Waals surface area contributed by atoms with Crippen molar-refractivity contribution >= 4 is 56.8 Å². The lowest BCUT2D eigenvalue weighted by Crippen LogP contribution is -2.47. The Morgan fingerprint density at radius 3 is 1.33 bits per heavy atom. The molecule has 2 aliphatic heterocycles. The molecule has 344 valence electrons. The molecule has 66 heavy (non-hydrogen) atoms. The van der Waals surface area contributed by atoms with Crippen LogP contribution in [-0.4, -0.2) is 124 Å². The summed E-state index contributed by atoms with van der Waals surface area (Å²) < 4.78 is 11.2. The minimum Gasteiger partial charge on any atom is -0.495 e. The quantitative estimate of drug-likeness (QED) is 0.0622. The van der Waals surface area contributed by atoms with Crippen LogP contribution in [0.1, 0.15) is 24.0 Å². The minimum atomic E-state index is -0.719. The van der Waals surface area contributed by atoms with Crippen LogP contribution in [0.5, 0.6) is 11.5 Å². The summed E-state index contributed by atoms with van der Waals surface area (Å²) in [7, 11) is 3.41. The molecule has 14 heteroatoms. The van der Waals surface area contributed by atoms with E-state index in [1.807, 2.05) is 111 Å². The topological polar surface area (TPSA) is 116 Å². The molecule has 0 spiro atoms. The maximum atomic E-state index is 13.6. The Labute approximate surface area is 387 Å². The summed E-state index contributed by atoms with van der Waals surface area (Å²) in [5.41, 5.74) is 5.83. The zero-order valence-corrected chi connectivity index (χ0v) is 38.5. The number of anilines is 4. The molecule has 2 saturated heterocycles. The normalized spacial score (nSPS) is 14.7. The second-order valence-electron chi connectivity index (χ2n) is 16.7. The number of fused-ring (bicyclic) bond motifs is 2. The first-order chi connectivity index (χ1) is 32.3. The monoisotopic (exact) mass is 892 g/mol. The maximum Gasteiger partial charge on any atom is 0.356 e. The second kappa shape index (κ2) is 21.9. The number of para-hydroxylation sites is 6. The van der Waals surface area contributed by atoms with Crippen molar-refractivity contribution < 1.29 is 28.7 Å². The van der Waals surface area contributed by atoms with Gasteiger partial charge >= 0.3 is 11.9 Å². The number of rotatable bonds is 18. The summed E-state index contributed by atoms with van der Waals surface area (Å²) in [4.78, 5) is 58.4. The van der Waals surface area contributed by atoms with Crippen LogP contribution in [0, 0.1) is 13.8 Å². The molecule has 2 fully saturated rings. The number of hydrogen-bond acceptors (Lipinski definition) is 14. The molecule has 14 nitrogen and oxygen atoms in total. The van der Waals surface area contributed by atoms with Gasteiger partial charge in [-0.1, -0.05) is 60.7 Å². The van der Waals surface area contributed by atoms with Gasteiger partial charge in [-0.3, -0.25) is 9.80 Å². The fourth-order valence-corrected chi connectivity index (χ4v) is 8.83. The first-order valence-corrected chi connectivity index (χ1v) is 22.9. The molecular weight excluding hydrogens is 833 g/mol. The molecule has 0 unspecified atom stereocenters. The maximum absolute atomic E-state index is 13.6. The third-order valence-electron chi connectivity index (χ3n) is 12.4. The Balaban J connectivity index is 0.905. The number of carbonyl (C=O) groups excluding carboxylic acids is 2. The third kappa shape index (κ3) is 11.3. The predicted molar refractivity (Wildman–Crippen MR) is 262 cm³/mol. The first kappa shape index (κ1) is 45.7. The molecule has 0 radical (unpaired) electrons. The van der Waals surface area contributed by atoms with E-state index in [2.05, 4.69) is 31.7 Å². The summed E-state index contributed by atoms with van der Waals surface area (Å²) in [5, 5.41) is 5.12. The van der Waals surface area contributed by atoms with Crippen molar-refractivity contribution in [1.29, 1.82) is 0 Å². The number of aryl methyl sites for hydroxylation is 2. The van der Waals surface area contributed by atoms with Crippen molar-refractivity contribution in [3.05, 3.63) is 132 Å². The van der Waals surface area contributed by atoms with E-state index in [1.165, 1.54) is 10.1 Å². The number of pyridine rings is 2. The highest BCUT2D eigenvalue weighted by Gasteiger charge is 2.23. The van der Waals surface area contributed by atoms with Gasteiger partial charge in [0, 0.05) is 88.4 Å². The van der Waals surface area contributed by atoms with Gasteiger partial charge in [-0.15, -0.1) is 0 Å². The van der Waals surface area contributed by atoms with Crippen molar-refractivity contribution in [3.8, 4) is 11.5 Å². The lowest BCUT2D eigenvalue weighted by molar-refractivity contribution is -0.142. The van der Waals surface area contributed by atoms with Crippen LogP contribution in [0.3, 0.4) is 0 Å². The standard InChI is InChI=1S/C52H60N8O6/c1-39-37-49(53-43-17-7-5-15-41(39)43)59(27-13-25-55-29-33-57(34-30-55)45-19-9-11-21-47(45)63-3)65-51(61)23-24-52(62)66-60(50-38-40(2)42-16-6-8-18-44(42)54-50)28-14-26-56-31-35-58(36-32-56)46-20-10-12-22-48(46)64-4/h5-12,15-24,37-38H,13-14,25-36H2,1-4H3/b24-23+. The van der Waals surface area contributed by atoms with Crippen LogP contribution in [0.25, 0.3) is 21.8 Å². The fourth-order valence-electron chi connectivity index (χ4n) is 8.83. The van der Waals surface area contributed by atoms with E-state index in [0.29, 0.717) is 37.6 Å². The highest BCUT2D eigenvalue weighted by atomic mass is 16.7. The Bertz CT molecular complexity index is 2450. The van der Waals surface area contributed by atoms with Gasteiger partial charge in [0.2, 0.25) is 0 Å². The number of ether oxygens (including phenoxy) is 2. The molecule has 0 atom stereocenters. The second-order valence-corrected chi connectivity index (χ2v) is 16.7. The van der Waals surface area contributed by atoms with E-state index in [4.69, 9.17) is 29.1 Å². The SMILES string of the molecule is COc1ccccc1N1CCN(CCCN(OC(=O)/C=C/C(=O)ON(CCCN2CCN(c3ccccc3OC)CC2)c2cc(C)c3ccccc3n2)c2cc(C)c3ccccc3n2)CC1. The zero-order chi connectivity index (χ0) is 45.8. The van der Waals surface area contributed by atoms with Gasteiger partial charge in [0.1, 0.15) is 11.5 Å². The van der Waals surface area contributed by atoms with E-state index in [9.17, 15) is 9.59 Å². The minimum absolute atomic E-state index is 0.401. The number of benzene rings is 4. The molecule has 0 N–H and O–H groups in total. The highest BCUT2D eigenvalue weighted by Crippen LogP contribution is 2.30. The van der Waals surface area contributed by atoms with Crippen LogP contribution in [0.2, 0.25) is 0 Å². The zero-order valence-electron chi connectivity index (χ0n) is 38.5. The molecule has 0 saturated carbocycles. The van der Waals surface area contributed by atoms with Crippen LogP contribution in [-0.2, 0) is 19.3 Å². The number of piperazine rings is 2. The lowest BCUT2D eigenvalue weighted by atomic mass is 10.1. The fraction of sp³-hybridized carbons (Fsp3) is 0.346. The summed E-state index contributed by atoms with van der Waals surface area (Å²) in [6.07, 6.45) is 3.65. The van der Waals surface area contributed by atoms with Crippen molar-refractivity contribution in [2.75, 3.05) is 113 Å². The molecule has 0 amide bonds. The van der Waals surface area contributed by atoms with Gasteiger partial charge in [-0.25, -0.2) is 19.6 Å². The molecule has 0 bridgehead atoms. The Hall–Kier alpha value is -6.90. The molecular formula is C52H60N8O6. The Morgan fingerprint density at radius 2 is 0.924 bits per heavy atom. The average molecular weight is 893 g/mol. The molecule has 0 aliphatic carbocycles. The molecule has 4 aromatic carbocycles. The first-order valence-electron chi connectivity index (χ1n) is 22.9. The van der Waals surface area contributed by atoms with Crippen LogP contribution in [0.15, 0.2) is 121 Å².